The van der Waals surface area contributed by atoms with Crippen molar-refractivity contribution in [2.24, 2.45) is 5.92 Å². The van der Waals surface area contributed by atoms with Gasteiger partial charge >= 0.3 is 5.97 Å². The molecule has 0 aromatic heterocycles. The summed E-state index contributed by atoms with van der Waals surface area (Å²) in [6, 6.07) is 14.2. The van der Waals surface area contributed by atoms with Gasteiger partial charge in [-0.05, 0) is 61.4 Å². The molecule has 0 saturated carbocycles. The van der Waals surface area contributed by atoms with E-state index in [-0.39, 0.29) is 13.0 Å². The predicted octanol–water partition coefficient (Wildman–Crippen LogP) is 3.50. The molecule has 0 radical (unpaired) electrons. The monoisotopic (exact) mass is 537 g/mol. The van der Waals surface area contributed by atoms with E-state index in [2.05, 4.69) is 10.2 Å². The van der Waals surface area contributed by atoms with Gasteiger partial charge in [0.1, 0.15) is 5.75 Å². The number of morpholine rings is 1. The third-order valence-electron chi connectivity index (χ3n) is 6.87. The summed E-state index contributed by atoms with van der Waals surface area (Å²) >= 11 is 0. The van der Waals surface area contributed by atoms with Crippen LogP contribution in [-0.4, -0.2) is 68.1 Å². The van der Waals surface area contributed by atoms with Gasteiger partial charge in [0.2, 0.25) is 11.8 Å². The molecule has 0 aliphatic carbocycles. The number of rotatable bonds is 13. The van der Waals surface area contributed by atoms with Crippen LogP contribution in [0.4, 0.5) is 17.1 Å². The lowest BCUT2D eigenvalue weighted by atomic mass is 10.1. The highest BCUT2D eigenvalue weighted by atomic mass is 16.5. The molecule has 2 N–H and O–H groups in total. The number of aliphatic carboxylic acids is 1. The third kappa shape index (κ3) is 7.79. The lowest BCUT2D eigenvalue weighted by Gasteiger charge is -2.29. The van der Waals surface area contributed by atoms with Gasteiger partial charge in [-0.15, -0.1) is 0 Å². The molecule has 0 bridgehead atoms. The van der Waals surface area contributed by atoms with Crippen molar-refractivity contribution in [3.05, 3.63) is 48.5 Å². The smallest absolute Gasteiger partial charge is 0.303 e. The summed E-state index contributed by atoms with van der Waals surface area (Å²) in [6.45, 7) is 3.35. The van der Waals surface area contributed by atoms with Crippen molar-refractivity contribution in [1.82, 2.24) is 0 Å². The van der Waals surface area contributed by atoms with E-state index in [0.717, 1.165) is 44.5 Å². The largest absolute Gasteiger partial charge is 0.494 e. The molecule has 0 spiro atoms. The maximum atomic E-state index is 13.0. The molecular weight excluding hydrogens is 502 g/mol. The number of ketones is 1. The molecule has 2 saturated heterocycles. The summed E-state index contributed by atoms with van der Waals surface area (Å²) in [5, 5.41) is 11.3. The van der Waals surface area contributed by atoms with Crippen LogP contribution in [-0.2, 0) is 23.9 Å². The van der Waals surface area contributed by atoms with Crippen molar-refractivity contribution in [3.8, 4) is 5.75 Å². The van der Waals surface area contributed by atoms with Crippen LogP contribution in [0.1, 0.15) is 38.5 Å². The number of carbonyl (C=O) groups excluding carboxylic acids is 3. The lowest BCUT2D eigenvalue weighted by molar-refractivity contribution is -0.137. The molecule has 2 aromatic carbocycles. The average molecular weight is 538 g/mol. The van der Waals surface area contributed by atoms with Gasteiger partial charge in [-0.3, -0.25) is 19.2 Å². The van der Waals surface area contributed by atoms with E-state index in [4.69, 9.17) is 14.6 Å². The van der Waals surface area contributed by atoms with Gasteiger partial charge in [0.15, 0.2) is 11.7 Å². The zero-order valence-corrected chi connectivity index (χ0v) is 22.0. The fraction of sp³-hybridized carbons (Fsp3) is 0.448. The second-order valence-electron chi connectivity index (χ2n) is 9.71. The summed E-state index contributed by atoms with van der Waals surface area (Å²) in [5.41, 5.74) is 2.08. The number of amides is 2. The van der Waals surface area contributed by atoms with Gasteiger partial charge in [0, 0.05) is 36.6 Å². The Bertz CT molecular complexity index is 1140. The zero-order chi connectivity index (χ0) is 27.6. The Labute approximate surface area is 227 Å². The number of anilines is 3. The molecular formula is C29H35N3O7. The van der Waals surface area contributed by atoms with Gasteiger partial charge in [-0.2, -0.15) is 0 Å². The summed E-state index contributed by atoms with van der Waals surface area (Å²) in [6.07, 6.45) is 4.60. The van der Waals surface area contributed by atoms with Crippen molar-refractivity contribution in [3.63, 3.8) is 0 Å². The molecule has 2 heterocycles. The summed E-state index contributed by atoms with van der Waals surface area (Å²) in [7, 11) is 0. The molecule has 2 fully saturated rings. The molecule has 2 aliphatic rings. The van der Waals surface area contributed by atoms with E-state index in [1.54, 1.807) is 36.4 Å². The molecule has 2 amide bonds. The zero-order valence-electron chi connectivity index (χ0n) is 22.0. The second-order valence-corrected chi connectivity index (χ2v) is 9.71. The summed E-state index contributed by atoms with van der Waals surface area (Å²) in [4.78, 5) is 52.6. The number of unbranched alkanes of at least 4 members (excludes halogenated alkanes) is 4. The first kappa shape index (κ1) is 28.1. The second kappa shape index (κ2) is 13.7. The van der Waals surface area contributed by atoms with Crippen LogP contribution in [0, 0.1) is 5.92 Å². The number of hydrogen-bond acceptors (Lipinski definition) is 7. The van der Waals surface area contributed by atoms with Crippen LogP contribution in [0.2, 0.25) is 0 Å². The van der Waals surface area contributed by atoms with Crippen molar-refractivity contribution in [2.75, 3.05) is 54.6 Å². The van der Waals surface area contributed by atoms with Crippen molar-refractivity contribution < 1.29 is 33.8 Å². The van der Waals surface area contributed by atoms with Crippen LogP contribution in [0.15, 0.2) is 48.5 Å². The molecule has 10 heteroatoms. The van der Waals surface area contributed by atoms with Crippen molar-refractivity contribution >= 4 is 40.6 Å². The van der Waals surface area contributed by atoms with Crippen LogP contribution >= 0.6 is 0 Å². The minimum Gasteiger partial charge on any atom is -0.494 e. The fourth-order valence-electron chi connectivity index (χ4n) is 4.71. The quantitative estimate of drug-likeness (QED) is 0.294. The van der Waals surface area contributed by atoms with E-state index >= 15 is 0 Å². The summed E-state index contributed by atoms with van der Waals surface area (Å²) < 4.78 is 11.1. The maximum absolute atomic E-state index is 13.0. The maximum Gasteiger partial charge on any atom is 0.303 e. The summed E-state index contributed by atoms with van der Waals surface area (Å²) in [5.74, 6) is -3.09. The minimum atomic E-state index is -1.38. The first-order valence-electron chi connectivity index (χ1n) is 13.4. The molecule has 1 atom stereocenters. The van der Waals surface area contributed by atoms with Gasteiger partial charge in [-0.25, -0.2) is 0 Å². The Morgan fingerprint density at radius 2 is 1.54 bits per heavy atom. The molecule has 2 aromatic rings. The topological polar surface area (TPSA) is 125 Å². The van der Waals surface area contributed by atoms with E-state index in [1.165, 1.54) is 4.90 Å². The van der Waals surface area contributed by atoms with E-state index in [1.807, 2.05) is 12.1 Å². The van der Waals surface area contributed by atoms with Crippen LogP contribution < -0.4 is 19.9 Å². The predicted molar refractivity (Wildman–Crippen MR) is 146 cm³/mol. The van der Waals surface area contributed by atoms with Crippen LogP contribution in [0.3, 0.4) is 0 Å². The number of carboxylic acid groups (broad SMARTS) is 1. The number of nitrogens with one attached hydrogen (secondary N) is 1. The first-order chi connectivity index (χ1) is 18.9. The number of carbonyl (C=O) groups is 4. The number of hydrogen-bond donors (Lipinski definition) is 2. The van der Waals surface area contributed by atoms with Gasteiger partial charge in [0.05, 0.1) is 26.4 Å². The van der Waals surface area contributed by atoms with E-state index < -0.39 is 29.5 Å². The van der Waals surface area contributed by atoms with E-state index in [9.17, 15) is 19.2 Å². The van der Waals surface area contributed by atoms with Crippen LogP contribution in [0.25, 0.3) is 0 Å². The average Bonchev–Trinajstić information content (AvgIpc) is 3.25. The molecule has 39 heavy (non-hydrogen) atoms. The molecule has 1 unspecified atom stereocenters. The van der Waals surface area contributed by atoms with Gasteiger partial charge in [-0.1, -0.05) is 19.3 Å². The Morgan fingerprint density at radius 1 is 0.897 bits per heavy atom. The Morgan fingerprint density at radius 3 is 2.23 bits per heavy atom. The Hall–Kier alpha value is -3.92. The highest BCUT2D eigenvalue weighted by Crippen LogP contribution is 2.27. The molecule has 208 valence electrons. The lowest BCUT2D eigenvalue weighted by Crippen LogP contribution is -2.36. The molecule has 10 nitrogen and oxygen atoms in total. The van der Waals surface area contributed by atoms with E-state index in [0.29, 0.717) is 43.4 Å². The van der Waals surface area contributed by atoms with Gasteiger partial charge in [0.25, 0.3) is 0 Å². The molecule has 4 rings (SSSR count). The number of ether oxygens (including phenoxy) is 2. The third-order valence-corrected chi connectivity index (χ3v) is 6.87. The molecule has 2 aliphatic heterocycles. The highest BCUT2D eigenvalue weighted by Gasteiger charge is 2.44. The van der Waals surface area contributed by atoms with Crippen molar-refractivity contribution in [1.29, 1.82) is 0 Å². The standard InChI is InChI=1S/C29H35N3O7/c33-25-20-32(23-11-9-22(10-12-23)31-15-18-38-19-16-31)29(37)27(25)28(36)30-21-7-13-24(14-8-21)39-17-5-3-1-2-4-6-26(34)35/h7-14,27H,1-6,15-20H2,(H,30,36)(H,34,35). The number of carboxylic acids is 1. The number of Topliss-reactive ketones (excluding diaryl/α,β-unsaturated/α-hetero) is 1. The van der Waals surface area contributed by atoms with Crippen LogP contribution in [0.5, 0.6) is 5.75 Å². The minimum absolute atomic E-state index is 0.139. The number of benzene rings is 2. The fourth-order valence-corrected chi connectivity index (χ4v) is 4.71. The Balaban J connectivity index is 1.23. The van der Waals surface area contributed by atoms with Crippen molar-refractivity contribution in [2.45, 2.75) is 38.5 Å². The first-order valence-corrected chi connectivity index (χ1v) is 13.4. The number of nitrogens with zero attached hydrogens (tertiary/aromatic N) is 2. The highest BCUT2D eigenvalue weighted by molar-refractivity contribution is 6.30. The SMILES string of the molecule is O=C(O)CCCCCCCOc1ccc(NC(=O)C2C(=O)CN(c3ccc(N4CCOCC4)cc3)C2=O)cc1. The van der Waals surface area contributed by atoms with Gasteiger partial charge < -0.3 is 29.7 Å². The normalized spacial score (nSPS) is 17.4. The Kier molecular flexibility index (Phi) is 9.91.